The molecular weight excluding hydrogens is 263 g/mol. The van der Waals surface area contributed by atoms with E-state index >= 15 is 0 Å². The number of hydrogen-bond donors (Lipinski definition) is 0. The Labute approximate surface area is 109 Å². The Balaban J connectivity index is 2.16. The molecule has 0 saturated carbocycles. The van der Waals surface area contributed by atoms with Crippen molar-refractivity contribution in [2.75, 3.05) is 33.2 Å². The van der Waals surface area contributed by atoms with E-state index in [0.717, 1.165) is 13.1 Å². The second-order valence-electron chi connectivity index (χ2n) is 3.97. The zero-order chi connectivity index (χ0) is 12.4. The van der Waals surface area contributed by atoms with E-state index in [1.807, 2.05) is 7.05 Å². The number of likely N-dealkylation sites (N-methyl/N-ethyl adjacent to an activating group) is 1. The van der Waals surface area contributed by atoms with Crippen LogP contribution in [0, 0.1) is 0 Å². The van der Waals surface area contributed by atoms with Crippen LogP contribution in [0.15, 0.2) is 6.07 Å². The van der Waals surface area contributed by atoms with Crippen molar-refractivity contribution >= 4 is 29.1 Å². The highest BCUT2D eigenvalue weighted by atomic mass is 35.5. The van der Waals surface area contributed by atoms with Gasteiger partial charge in [0.25, 0.3) is 5.91 Å². The van der Waals surface area contributed by atoms with Crippen molar-refractivity contribution < 1.29 is 4.79 Å². The van der Waals surface area contributed by atoms with E-state index in [1.165, 1.54) is 6.07 Å². The highest BCUT2D eigenvalue weighted by molar-refractivity contribution is 6.34. The molecule has 0 atom stereocenters. The largest absolute Gasteiger partial charge is 0.336 e. The molecular formula is C10H12Cl2N4O. The molecule has 2 heterocycles. The van der Waals surface area contributed by atoms with Crippen molar-refractivity contribution in [1.29, 1.82) is 0 Å². The van der Waals surface area contributed by atoms with Crippen molar-refractivity contribution in [3.8, 4) is 0 Å². The Morgan fingerprint density at radius 3 is 2.53 bits per heavy atom. The summed E-state index contributed by atoms with van der Waals surface area (Å²) in [5.41, 5.74) is 0.316. The maximum Gasteiger partial charge on any atom is 0.257 e. The maximum atomic E-state index is 12.2. The van der Waals surface area contributed by atoms with Gasteiger partial charge in [-0.25, -0.2) is 0 Å². The first-order chi connectivity index (χ1) is 8.08. The van der Waals surface area contributed by atoms with Crippen molar-refractivity contribution in [2.45, 2.75) is 0 Å². The molecule has 1 amide bonds. The van der Waals surface area contributed by atoms with E-state index in [-0.39, 0.29) is 16.2 Å². The van der Waals surface area contributed by atoms with Gasteiger partial charge >= 0.3 is 0 Å². The van der Waals surface area contributed by atoms with Crippen LogP contribution in [0.5, 0.6) is 0 Å². The van der Waals surface area contributed by atoms with Crippen molar-refractivity contribution in [2.24, 2.45) is 0 Å². The highest BCUT2D eigenvalue weighted by Gasteiger charge is 2.23. The van der Waals surface area contributed by atoms with Crippen molar-refractivity contribution in [1.82, 2.24) is 20.0 Å². The molecule has 0 spiro atoms. The summed E-state index contributed by atoms with van der Waals surface area (Å²) in [7, 11) is 2.03. The summed E-state index contributed by atoms with van der Waals surface area (Å²) in [4.78, 5) is 16.1. The number of carbonyl (C=O) groups excluding carboxylic acids is 1. The van der Waals surface area contributed by atoms with Crippen LogP contribution < -0.4 is 0 Å². The van der Waals surface area contributed by atoms with Gasteiger partial charge in [-0.1, -0.05) is 23.2 Å². The van der Waals surface area contributed by atoms with Crippen LogP contribution in [0.4, 0.5) is 0 Å². The Morgan fingerprint density at radius 2 is 1.88 bits per heavy atom. The van der Waals surface area contributed by atoms with Gasteiger partial charge in [0.1, 0.15) is 0 Å². The average Bonchev–Trinajstić information content (AvgIpc) is 2.32. The van der Waals surface area contributed by atoms with Crippen LogP contribution in [-0.4, -0.2) is 59.1 Å². The number of aromatic nitrogens is 2. The molecule has 17 heavy (non-hydrogen) atoms. The van der Waals surface area contributed by atoms with Gasteiger partial charge < -0.3 is 9.80 Å². The summed E-state index contributed by atoms with van der Waals surface area (Å²) in [5, 5.41) is 7.49. The summed E-state index contributed by atoms with van der Waals surface area (Å²) in [6, 6.07) is 1.46. The molecule has 5 nitrogen and oxygen atoms in total. The second-order valence-corrected chi connectivity index (χ2v) is 4.71. The third kappa shape index (κ3) is 2.86. The van der Waals surface area contributed by atoms with Crippen LogP contribution in [-0.2, 0) is 0 Å². The first kappa shape index (κ1) is 12.5. The Kier molecular flexibility index (Phi) is 3.81. The summed E-state index contributed by atoms with van der Waals surface area (Å²) < 4.78 is 0. The van der Waals surface area contributed by atoms with E-state index in [0.29, 0.717) is 18.7 Å². The van der Waals surface area contributed by atoms with E-state index in [2.05, 4.69) is 15.1 Å². The summed E-state index contributed by atoms with van der Waals surface area (Å²) in [6.45, 7) is 3.09. The molecule has 1 saturated heterocycles. The molecule has 2 rings (SSSR count). The van der Waals surface area contributed by atoms with Gasteiger partial charge in [-0.2, -0.15) is 0 Å². The third-order valence-corrected chi connectivity index (χ3v) is 3.20. The van der Waals surface area contributed by atoms with Crippen LogP contribution in [0.25, 0.3) is 0 Å². The molecule has 1 fully saturated rings. The average molecular weight is 275 g/mol. The molecule has 1 aromatic heterocycles. The second kappa shape index (κ2) is 5.16. The number of rotatable bonds is 1. The number of carbonyl (C=O) groups is 1. The summed E-state index contributed by atoms with van der Waals surface area (Å²) in [6.07, 6.45) is 0. The predicted octanol–water partition coefficient (Wildman–Crippen LogP) is 1.17. The number of hydrogen-bond acceptors (Lipinski definition) is 4. The quantitative estimate of drug-likeness (QED) is 0.772. The van der Waals surface area contributed by atoms with Crippen LogP contribution in [0.1, 0.15) is 10.4 Å². The molecule has 92 valence electrons. The number of nitrogens with zero attached hydrogens (tertiary/aromatic N) is 4. The molecule has 0 bridgehead atoms. The maximum absolute atomic E-state index is 12.2. The normalized spacial score (nSPS) is 17.2. The Hall–Kier alpha value is -0.910. The van der Waals surface area contributed by atoms with Gasteiger partial charge in [0.15, 0.2) is 10.3 Å². The molecule has 0 N–H and O–H groups in total. The number of piperazine rings is 1. The van der Waals surface area contributed by atoms with E-state index in [9.17, 15) is 4.79 Å². The fourth-order valence-corrected chi connectivity index (χ4v) is 2.00. The molecule has 0 unspecified atom stereocenters. The molecule has 1 aliphatic rings. The SMILES string of the molecule is CN1CCN(C(=O)c2cc(Cl)nnc2Cl)CC1. The lowest BCUT2D eigenvalue weighted by Crippen LogP contribution is -2.47. The topological polar surface area (TPSA) is 49.3 Å². The number of halogens is 2. The highest BCUT2D eigenvalue weighted by Crippen LogP contribution is 2.18. The minimum atomic E-state index is -0.139. The smallest absolute Gasteiger partial charge is 0.257 e. The summed E-state index contributed by atoms with van der Waals surface area (Å²) >= 11 is 11.6. The first-order valence-electron chi connectivity index (χ1n) is 5.24. The molecule has 1 aromatic rings. The molecule has 1 aliphatic heterocycles. The molecule has 0 aliphatic carbocycles. The number of amides is 1. The lowest BCUT2D eigenvalue weighted by Gasteiger charge is -2.32. The van der Waals surface area contributed by atoms with Crippen molar-refractivity contribution in [3.63, 3.8) is 0 Å². The standard InChI is InChI=1S/C10H12Cl2N4O/c1-15-2-4-16(5-3-15)10(17)7-6-8(11)13-14-9(7)12/h6H,2-5H2,1H3. The third-order valence-electron chi connectivity index (χ3n) is 2.74. The van der Waals surface area contributed by atoms with Crippen LogP contribution in [0.3, 0.4) is 0 Å². The van der Waals surface area contributed by atoms with Gasteiger partial charge in [0.2, 0.25) is 0 Å². The summed E-state index contributed by atoms with van der Waals surface area (Å²) in [5.74, 6) is -0.139. The molecule has 0 aromatic carbocycles. The van der Waals surface area contributed by atoms with Gasteiger partial charge in [0.05, 0.1) is 5.56 Å². The monoisotopic (exact) mass is 274 g/mol. The predicted molar refractivity (Wildman–Crippen MR) is 65.5 cm³/mol. The van der Waals surface area contributed by atoms with E-state index in [1.54, 1.807) is 4.90 Å². The molecule has 7 heteroatoms. The van der Waals surface area contributed by atoms with Gasteiger partial charge in [-0.15, -0.1) is 10.2 Å². The van der Waals surface area contributed by atoms with E-state index in [4.69, 9.17) is 23.2 Å². The van der Waals surface area contributed by atoms with Crippen molar-refractivity contribution in [3.05, 3.63) is 21.9 Å². The van der Waals surface area contributed by atoms with Gasteiger partial charge in [-0.05, 0) is 13.1 Å². The Bertz CT molecular complexity index is 432. The lowest BCUT2D eigenvalue weighted by molar-refractivity contribution is 0.0663. The Morgan fingerprint density at radius 1 is 1.24 bits per heavy atom. The fraction of sp³-hybridized carbons (Fsp3) is 0.500. The molecule has 0 radical (unpaired) electrons. The zero-order valence-corrected chi connectivity index (χ0v) is 10.9. The van der Waals surface area contributed by atoms with Gasteiger partial charge in [-0.3, -0.25) is 4.79 Å². The van der Waals surface area contributed by atoms with E-state index < -0.39 is 0 Å². The minimum absolute atomic E-state index is 0.0957. The van der Waals surface area contributed by atoms with Gasteiger partial charge in [0, 0.05) is 26.2 Å². The van der Waals surface area contributed by atoms with Crippen LogP contribution >= 0.6 is 23.2 Å². The lowest BCUT2D eigenvalue weighted by atomic mass is 10.2. The minimum Gasteiger partial charge on any atom is -0.336 e. The first-order valence-corrected chi connectivity index (χ1v) is 6.00. The fourth-order valence-electron chi connectivity index (χ4n) is 1.68. The zero-order valence-electron chi connectivity index (χ0n) is 9.36. The van der Waals surface area contributed by atoms with Crippen LogP contribution in [0.2, 0.25) is 10.3 Å².